The van der Waals surface area contributed by atoms with Gasteiger partial charge in [-0.1, -0.05) is 158 Å². The molecule has 5 unspecified atom stereocenters. The lowest BCUT2D eigenvalue weighted by atomic mass is 9.64. The van der Waals surface area contributed by atoms with Gasteiger partial charge < -0.3 is 29.2 Å². The van der Waals surface area contributed by atoms with Crippen LogP contribution in [-0.4, -0.2) is 69.9 Å². The number of hydrogen-bond acceptors (Lipinski definition) is 10. The van der Waals surface area contributed by atoms with E-state index in [2.05, 4.69) is 41.5 Å². The fraction of sp³-hybridized carbons (Fsp3) is 0.909. The molecule has 0 aromatic heterocycles. The molecule has 5 aliphatic rings. The van der Waals surface area contributed by atoms with Crippen LogP contribution in [0.3, 0.4) is 0 Å². The number of aliphatic carboxylic acids is 2. The topological polar surface area (TPSA) is 180 Å². The van der Waals surface area contributed by atoms with E-state index in [1.54, 1.807) is 41.5 Å². The number of rotatable bonds is 19. The lowest BCUT2D eigenvalue weighted by Gasteiger charge is -2.44. The molecule has 12 nitrogen and oxygen atoms in total. The summed E-state index contributed by atoms with van der Waals surface area (Å²) >= 11 is 0. The molecule has 5 fully saturated rings. The molecule has 0 amide bonds. The van der Waals surface area contributed by atoms with Crippen molar-refractivity contribution in [3.63, 3.8) is 0 Å². The molecule has 5 atom stereocenters. The van der Waals surface area contributed by atoms with Crippen LogP contribution in [0.1, 0.15) is 316 Å². The van der Waals surface area contributed by atoms with E-state index in [4.69, 9.17) is 18.9 Å². The van der Waals surface area contributed by atoms with Gasteiger partial charge in [0.25, 0.3) is 0 Å². The first-order valence-electron chi connectivity index (χ1n) is 25.1. The number of carbonyl (C=O) groups is 6. The molecule has 0 radical (unpaired) electrons. The van der Waals surface area contributed by atoms with Gasteiger partial charge in [0, 0.05) is 22.7 Å². The number of ketones is 1. The zero-order valence-corrected chi connectivity index (χ0v) is 44.3. The molecule has 1 aliphatic heterocycles. The van der Waals surface area contributed by atoms with Crippen molar-refractivity contribution in [1.29, 1.82) is 0 Å². The van der Waals surface area contributed by atoms with E-state index in [1.165, 1.54) is 6.92 Å². The predicted octanol–water partition coefficient (Wildman–Crippen LogP) is 19.7. The Morgan fingerprint density at radius 1 is 0.462 bits per heavy atom. The first kappa shape index (κ1) is 94.3. The monoisotopic (exact) mass is 1120 g/mol. The van der Waals surface area contributed by atoms with Crippen LogP contribution in [0.4, 0.5) is 0 Å². The number of hydrogen-bond donors (Lipinski definition) is 2. The van der Waals surface area contributed by atoms with Gasteiger partial charge in [0.15, 0.2) is 0 Å². The second-order valence-electron chi connectivity index (χ2n) is 25.9. The molecular weight excluding hydrogens is 985 g/mol. The zero-order chi connectivity index (χ0) is 50.6. The zero-order valence-electron chi connectivity index (χ0n) is 44.3. The molecule has 78 heavy (non-hydrogen) atoms. The summed E-state index contributed by atoms with van der Waals surface area (Å²) in [5, 5.41) is 20.4. The minimum atomic E-state index is -1.33. The smallest absolute Gasteiger partial charge is 0.313 e. The van der Waals surface area contributed by atoms with E-state index in [1.807, 2.05) is 27.7 Å². The normalized spacial score (nSPS) is 27.3. The van der Waals surface area contributed by atoms with Crippen LogP contribution in [0.25, 0.3) is 0 Å². The van der Waals surface area contributed by atoms with Crippen LogP contribution in [0, 0.1) is 54.1 Å². The molecule has 0 aromatic carbocycles. The number of carboxylic acids is 2. The fourth-order valence-corrected chi connectivity index (χ4v) is 13.1. The third kappa shape index (κ3) is 17.0. The number of Topliss-reactive ketones (excluding diaryl/α,β-unsaturated/α-hetero) is 1. The standard InChI is InChI=1S/C29H48O7.C25H42O5.12CH4/c1-9-26(6,23(33)36-29-15-13-28(8,14-16-29)25(29,4)5)19-27(7,21(30)31)18-24(2,3)22(32)35-20-12-10-11-17-34-20;1-10-22(7,16-23(8,18(27)28)15-20(3,4)17(2)26)19(29)30-25-13-11-24(9,12-14-25)21(25,5)6;;;;;;;;;;;;/h20H,9-19H2,1-8H3,(H,30,31);10-16H2,1-9H3,(H,27,28);12*1H4. The summed E-state index contributed by atoms with van der Waals surface area (Å²) in [7, 11) is 0. The Hall–Kier alpha value is -3.02. The van der Waals surface area contributed by atoms with Gasteiger partial charge in [0.1, 0.15) is 17.0 Å². The summed E-state index contributed by atoms with van der Waals surface area (Å²) in [6, 6.07) is 0. The first-order chi connectivity index (χ1) is 29.9. The summed E-state index contributed by atoms with van der Waals surface area (Å²) in [6.07, 6.45) is 10.9. The summed E-state index contributed by atoms with van der Waals surface area (Å²) in [5.41, 5.74) is -7.15. The Labute approximate surface area is 486 Å². The highest BCUT2D eigenvalue weighted by Crippen LogP contribution is 2.70. The Kier molecular flexibility index (Phi) is 38.0. The van der Waals surface area contributed by atoms with Gasteiger partial charge in [0.05, 0.1) is 33.7 Å². The van der Waals surface area contributed by atoms with Crippen LogP contribution in [-0.2, 0) is 47.7 Å². The maximum absolute atomic E-state index is 13.8. The maximum atomic E-state index is 13.8. The summed E-state index contributed by atoms with van der Waals surface area (Å²) in [5.74, 6) is -3.15. The molecule has 12 heteroatoms. The molecule has 0 spiro atoms. The van der Waals surface area contributed by atoms with Crippen LogP contribution >= 0.6 is 0 Å². The van der Waals surface area contributed by atoms with E-state index in [9.17, 15) is 39.0 Å². The van der Waals surface area contributed by atoms with Crippen LogP contribution in [0.5, 0.6) is 0 Å². The van der Waals surface area contributed by atoms with Crippen molar-refractivity contribution in [3.8, 4) is 0 Å². The van der Waals surface area contributed by atoms with Crippen molar-refractivity contribution in [3.05, 3.63) is 0 Å². The quantitative estimate of drug-likeness (QED) is 0.0925. The molecule has 2 N–H and O–H groups in total. The average Bonchev–Trinajstić information content (AvgIpc) is 3.70. The Morgan fingerprint density at radius 2 is 0.769 bits per heavy atom. The third-order valence-corrected chi connectivity index (χ3v) is 19.9. The molecular formula is C66H138O12. The number of carbonyl (C=O) groups excluding carboxylic acids is 4. The molecule has 4 aliphatic carbocycles. The van der Waals surface area contributed by atoms with Crippen LogP contribution in [0.2, 0.25) is 0 Å². The lowest BCUT2D eigenvalue weighted by Crippen LogP contribution is -2.49. The maximum Gasteiger partial charge on any atom is 0.313 e. The van der Waals surface area contributed by atoms with Gasteiger partial charge in [-0.05, 0) is 162 Å². The largest absolute Gasteiger partial charge is 0.481 e. The molecule has 4 bridgehead atoms. The highest BCUT2D eigenvalue weighted by atomic mass is 16.7. The van der Waals surface area contributed by atoms with Crippen molar-refractivity contribution in [2.75, 3.05) is 6.61 Å². The lowest BCUT2D eigenvalue weighted by molar-refractivity contribution is -0.198. The van der Waals surface area contributed by atoms with Crippen molar-refractivity contribution in [2.45, 2.75) is 333 Å². The van der Waals surface area contributed by atoms with Gasteiger partial charge in [-0.2, -0.15) is 0 Å². The number of carboxylic acid groups (broad SMARTS) is 2. The molecule has 5 rings (SSSR count). The Bertz CT molecular complexity index is 1860. The van der Waals surface area contributed by atoms with Gasteiger partial charge in [0.2, 0.25) is 6.29 Å². The highest BCUT2D eigenvalue weighted by Gasteiger charge is 2.69. The molecule has 0 aromatic rings. The van der Waals surface area contributed by atoms with Crippen molar-refractivity contribution in [2.24, 2.45) is 54.1 Å². The number of fused-ring (bicyclic) bond motifs is 4. The second kappa shape index (κ2) is 31.4. The van der Waals surface area contributed by atoms with E-state index >= 15 is 0 Å². The molecule has 474 valence electrons. The SMILES string of the molecule is C.C.C.C.C.C.C.C.C.C.C.C.CCC(C)(CC(C)(CC(C)(C)C(=O)OC1CCCCO1)C(=O)O)C(=O)OC12CCC(C)(CC1)C2(C)C.CCC(C)(CC(C)(CC(C)(C)C(C)=O)C(=O)O)C(=O)OC12CCC(C)(CC1)C2(C)C. The Morgan fingerprint density at radius 3 is 1.00 bits per heavy atom. The van der Waals surface area contributed by atoms with Crippen molar-refractivity contribution < 1.29 is 57.9 Å². The third-order valence-electron chi connectivity index (χ3n) is 19.9. The van der Waals surface area contributed by atoms with E-state index in [-0.39, 0.29) is 154 Å². The number of ether oxygens (including phenoxy) is 4. The molecule has 1 heterocycles. The van der Waals surface area contributed by atoms with Gasteiger partial charge in [-0.25, -0.2) is 0 Å². The van der Waals surface area contributed by atoms with Crippen LogP contribution < -0.4 is 0 Å². The average molecular weight is 1120 g/mol. The molecule has 1 saturated heterocycles. The minimum Gasteiger partial charge on any atom is -0.481 e. The van der Waals surface area contributed by atoms with Gasteiger partial charge in [-0.3, -0.25) is 28.8 Å². The van der Waals surface area contributed by atoms with Crippen LogP contribution in [0.15, 0.2) is 0 Å². The minimum absolute atomic E-state index is 0. The van der Waals surface area contributed by atoms with Crippen molar-refractivity contribution in [1.82, 2.24) is 0 Å². The Balaban J connectivity index is -0.000000153. The fourth-order valence-electron chi connectivity index (χ4n) is 13.1. The number of esters is 3. The first-order valence-corrected chi connectivity index (χ1v) is 25.1. The van der Waals surface area contributed by atoms with E-state index in [0.29, 0.717) is 25.9 Å². The van der Waals surface area contributed by atoms with Gasteiger partial charge in [-0.15, -0.1) is 0 Å². The summed E-state index contributed by atoms with van der Waals surface area (Å²) in [4.78, 5) is 77.3. The van der Waals surface area contributed by atoms with E-state index < -0.39 is 67.9 Å². The second-order valence-corrected chi connectivity index (χ2v) is 25.9. The van der Waals surface area contributed by atoms with E-state index in [0.717, 1.165) is 64.2 Å². The van der Waals surface area contributed by atoms with Crippen molar-refractivity contribution >= 4 is 35.6 Å². The highest BCUT2D eigenvalue weighted by molar-refractivity contribution is 5.84. The predicted molar refractivity (Wildman–Crippen MR) is 334 cm³/mol. The summed E-state index contributed by atoms with van der Waals surface area (Å²) in [6.45, 7) is 33.2. The summed E-state index contributed by atoms with van der Waals surface area (Å²) < 4.78 is 23.9. The van der Waals surface area contributed by atoms with Gasteiger partial charge >= 0.3 is 29.8 Å². The molecule has 4 saturated carbocycles.